The number of quaternary nitrogens is 1. The first-order valence-corrected chi connectivity index (χ1v) is 33.7. The Kier molecular flexibility index (Phi) is 55.4. The number of carbonyl (C=O) groups excluding carboxylic acids is 2. The minimum atomic E-state index is -4.47. The van der Waals surface area contributed by atoms with E-state index in [2.05, 4.69) is 123 Å². The van der Waals surface area contributed by atoms with Crippen LogP contribution in [0.4, 0.5) is 0 Å². The molecule has 79 heavy (non-hydrogen) atoms. The zero-order chi connectivity index (χ0) is 57.9. The number of hydrogen-bond donors (Lipinski definition) is 2. The number of nitrogens with one attached hydrogen (secondary N) is 1. The van der Waals surface area contributed by atoms with E-state index in [0.717, 1.165) is 96.3 Å². The fourth-order valence-corrected chi connectivity index (χ4v) is 9.42. The van der Waals surface area contributed by atoms with E-state index in [1.54, 1.807) is 0 Å². The zero-order valence-electron chi connectivity index (χ0n) is 51.8. The van der Waals surface area contributed by atoms with Crippen molar-refractivity contribution in [1.82, 2.24) is 5.32 Å². The van der Waals surface area contributed by atoms with Crippen LogP contribution >= 0.6 is 7.82 Å². The molecule has 3 atom stereocenters. The molecule has 0 saturated carbocycles. The van der Waals surface area contributed by atoms with Crippen LogP contribution in [0, 0.1) is 0 Å². The number of phosphoric ester groups is 1. The summed E-state index contributed by atoms with van der Waals surface area (Å²) in [5, 5.41) is 3.04. The maximum atomic E-state index is 13.6. The van der Waals surface area contributed by atoms with Crippen molar-refractivity contribution in [1.29, 1.82) is 0 Å². The molecule has 0 bridgehead atoms. The second-order valence-electron chi connectivity index (χ2n) is 22.6. The molecule has 0 rings (SSSR count). The van der Waals surface area contributed by atoms with Gasteiger partial charge in [-0.3, -0.25) is 18.6 Å². The molecule has 0 aromatic heterocycles. The van der Waals surface area contributed by atoms with E-state index < -0.39 is 20.0 Å². The number of hydrogen-bond acceptors (Lipinski definition) is 6. The summed E-state index contributed by atoms with van der Waals surface area (Å²) in [5.74, 6) is -0.586. The van der Waals surface area contributed by atoms with Gasteiger partial charge in [-0.15, -0.1) is 0 Å². The molecule has 10 heteroatoms. The lowest BCUT2D eigenvalue weighted by molar-refractivity contribution is -0.870. The van der Waals surface area contributed by atoms with Crippen LogP contribution in [0.2, 0.25) is 0 Å². The van der Waals surface area contributed by atoms with Crippen LogP contribution < -0.4 is 5.32 Å². The second kappa shape index (κ2) is 57.9. The SMILES string of the molecule is CCCCC/C=C\C/C=C\C/C=C\C/C=C\CCCCCCCCCC(=O)NC(COP(=O)(O)OCC[N+](C)(C)C)C(/C=C\CCCCCCCCCCCCC)OC(=O)CCC/C=C\C/C=C\C/C=C\C/C=C\CCCCC. The normalized spacial score (nSPS) is 14.4. The van der Waals surface area contributed by atoms with E-state index >= 15 is 0 Å². The predicted molar refractivity (Wildman–Crippen MR) is 341 cm³/mol. The summed E-state index contributed by atoms with van der Waals surface area (Å²) in [6, 6.07) is -0.884. The third-order valence-electron chi connectivity index (χ3n) is 13.7. The highest BCUT2D eigenvalue weighted by molar-refractivity contribution is 7.47. The van der Waals surface area contributed by atoms with E-state index in [-0.39, 0.29) is 31.5 Å². The first kappa shape index (κ1) is 75.7. The number of likely N-dealkylation sites (N-methyl/N-ethyl adjacent to an activating group) is 1. The Bertz CT molecular complexity index is 1720. The Morgan fingerprint density at radius 2 is 0.785 bits per heavy atom. The smallest absolute Gasteiger partial charge is 0.456 e. The largest absolute Gasteiger partial charge is 0.472 e. The predicted octanol–water partition coefficient (Wildman–Crippen LogP) is 20.1. The summed E-state index contributed by atoms with van der Waals surface area (Å²) in [7, 11) is 1.45. The van der Waals surface area contributed by atoms with Crippen LogP contribution in [-0.2, 0) is 27.9 Å². The Balaban J connectivity index is 5.34. The van der Waals surface area contributed by atoms with Gasteiger partial charge in [0.2, 0.25) is 5.91 Å². The number of esters is 1. The fourth-order valence-electron chi connectivity index (χ4n) is 8.68. The summed E-state index contributed by atoms with van der Waals surface area (Å²) in [6.07, 6.45) is 79.5. The molecular formula is C69H122N2O7P+. The van der Waals surface area contributed by atoms with E-state index in [4.69, 9.17) is 13.8 Å². The minimum absolute atomic E-state index is 0.0242. The van der Waals surface area contributed by atoms with Crippen LogP contribution in [0.5, 0.6) is 0 Å². The van der Waals surface area contributed by atoms with Gasteiger partial charge in [0.25, 0.3) is 0 Å². The van der Waals surface area contributed by atoms with E-state index in [9.17, 15) is 19.0 Å². The van der Waals surface area contributed by atoms with Gasteiger partial charge in [0.05, 0.1) is 33.8 Å². The highest BCUT2D eigenvalue weighted by Gasteiger charge is 2.30. The van der Waals surface area contributed by atoms with Crippen molar-refractivity contribution in [3.8, 4) is 0 Å². The quantitative estimate of drug-likeness (QED) is 0.0205. The summed E-state index contributed by atoms with van der Waals surface area (Å²) in [4.78, 5) is 37.7. The molecule has 0 radical (unpaired) electrons. The molecule has 3 unspecified atom stereocenters. The Labute approximate surface area is 487 Å². The van der Waals surface area contributed by atoms with Crippen molar-refractivity contribution in [2.45, 2.75) is 277 Å². The molecule has 0 fully saturated rings. The van der Waals surface area contributed by atoms with Gasteiger partial charge in [-0.25, -0.2) is 4.57 Å². The molecular weight excluding hydrogens is 1000 g/mol. The standard InChI is InChI=1S/C69H121N2O7P/c1-7-10-13-16-19-22-25-28-30-32-33-34-35-36-37-39-40-43-46-49-52-55-58-61-68(72)70-66(65-77-79(74,75)76-64-63-71(4,5)6)67(60-57-54-51-48-45-42-27-24-21-18-15-12-9-3)78-69(73)62-59-56-53-50-47-44-41-38-31-29-26-23-20-17-14-11-8-2/h19-20,22-23,28-31,33-34,36-37,41,44,50,53,57,60,66-67H,7-18,21,24-27,32,35,38-40,42-43,45-49,51-52,54-56,58-59,61-65H2,1-6H3,(H-,70,72,74,75)/p+1/b22-19-,23-20-,30-28-,31-29-,34-33-,37-36-,44-41-,53-50-,60-57-. The highest BCUT2D eigenvalue weighted by atomic mass is 31.2. The van der Waals surface area contributed by atoms with Gasteiger partial charge in [0.1, 0.15) is 19.3 Å². The summed E-state index contributed by atoms with van der Waals surface area (Å²) < 4.78 is 30.7. The lowest BCUT2D eigenvalue weighted by atomic mass is 10.0. The molecule has 0 heterocycles. The first-order valence-electron chi connectivity index (χ1n) is 32.2. The van der Waals surface area contributed by atoms with Crippen molar-refractivity contribution < 1.29 is 37.3 Å². The average Bonchev–Trinajstić information content (AvgIpc) is 3.41. The Hall–Kier alpha value is -3.33. The van der Waals surface area contributed by atoms with E-state index in [1.165, 1.54) is 128 Å². The molecule has 0 aliphatic carbocycles. The van der Waals surface area contributed by atoms with Crippen LogP contribution in [0.25, 0.3) is 0 Å². The average molecular weight is 1120 g/mol. The van der Waals surface area contributed by atoms with Crippen molar-refractivity contribution in [2.24, 2.45) is 0 Å². The lowest BCUT2D eigenvalue weighted by Crippen LogP contribution is -2.47. The number of nitrogens with zero attached hydrogens (tertiary/aromatic N) is 1. The molecule has 0 aromatic carbocycles. The van der Waals surface area contributed by atoms with Crippen LogP contribution in [0.15, 0.2) is 109 Å². The number of unbranched alkanes of at least 4 members (excludes halogenated alkanes) is 25. The zero-order valence-corrected chi connectivity index (χ0v) is 52.7. The third-order valence-corrected chi connectivity index (χ3v) is 14.7. The van der Waals surface area contributed by atoms with Crippen LogP contribution in [0.3, 0.4) is 0 Å². The van der Waals surface area contributed by atoms with Crippen LogP contribution in [-0.4, -0.2) is 74.3 Å². The van der Waals surface area contributed by atoms with E-state index in [0.29, 0.717) is 23.9 Å². The lowest BCUT2D eigenvalue weighted by Gasteiger charge is -2.27. The topological polar surface area (TPSA) is 111 Å². The number of amides is 1. The molecule has 9 nitrogen and oxygen atoms in total. The summed E-state index contributed by atoms with van der Waals surface area (Å²) >= 11 is 0. The molecule has 0 saturated heterocycles. The molecule has 2 N–H and O–H groups in total. The molecule has 0 aromatic rings. The van der Waals surface area contributed by atoms with Gasteiger partial charge in [-0.05, 0) is 115 Å². The molecule has 454 valence electrons. The van der Waals surface area contributed by atoms with Crippen LogP contribution in [0.1, 0.15) is 265 Å². The van der Waals surface area contributed by atoms with Gasteiger partial charge >= 0.3 is 13.8 Å². The fraction of sp³-hybridized carbons (Fsp3) is 0.710. The van der Waals surface area contributed by atoms with E-state index in [1.807, 2.05) is 33.3 Å². The number of allylic oxidation sites excluding steroid dienone is 17. The number of rotatable bonds is 57. The monoisotopic (exact) mass is 1120 g/mol. The highest BCUT2D eigenvalue weighted by Crippen LogP contribution is 2.43. The van der Waals surface area contributed by atoms with Gasteiger partial charge in [-0.2, -0.15) is 0 Å². The number of carbonyl (C=O) groups is 2. The van der Waals surface area contributed by atoms with Gasteiger partial charge in [0, 0.05) is 12.8 Å². The summed E-state index contributed by atoms with van der Waals surface area (Å²) in [6.45, 7) is 6.91. The first-order chi connectivity index (χ1) is 38.4. The van der Waals surface area contributed by atoms with Crippen molar-refractivity contribution in [2.75, 3.05) is 40.9 Å². The Morgan fingerprint density at radius 3 is 1.20 bits per heavy atom. The van der Waals surface area contributed by atoms with Gasteiger partial charge in [-0.1, -0.05) is 246 Å². The third kappa shape index (κ3) is 59.1. The van der Waals surface area contributed by atoms with Crippen molar-refractivity contribution >= 4 is 19.7 Å². The molecule has 1 amide bonds. The maximum Gasteiger partial charge on any atom is 0.472 e. The molecule has 0 aliphatic heterocycles. The minimum Gasteiger partial charge on any atom is -0.456 e. The van der Waals surface area contributed by atoms with Crippen molar-refractivity contribution in [3.05, 3.63) is 109 Å². The second-order valence-corrected chi connectivity index (χ2v) is 24.0. The maximum absolute atomic E-state index is 13.6. The summed E-state index contributed by atoms with van der Waals surface area (Å²) in [5.41, 5.74) is 0. The number of phosphoric acid groups is 1. The van der Waals surface area contributed by atoms with Crippen molar-refractivity contribution in [3.63, 3.8) is 0 Å². The Morgan fingerprint density at radius 1 is 0.443 bits per heavy atom. The van der Waals surface area contributed by atoms with Gasteiger partial charge in [0.15, 0.2) is 0 Å². The molecule has 0 aliphatic rings. The van der Waals surface area contributed by atoms with Gasteiger partial charge < -0.3 is 19.4 Å². The molecule has 0 spiro atoms. The number of ether oxygens (including phenoxy) is 1.